The molecule has 9 nitrogen and oxygen atoms in total. The van der Waals surface area contributed by atoms with Gasteiger partial charge in [-0.05, 0) is 19.3 Å². The van der Waals surface area contributed by atoms with E-state index in [2.05, 4.69) is 25.5 Å². The number of aromatic nitrogens is 2. The van der Waals surface area contributed by atoms with Crippen LogP contribution in [0.15, 0.2) is 24.5 Å². The van der Waals surface area contributed by atoms with Gasteiger partial charge >= 0.3 is 6.03 Å². The van der Waals surface area contributed by atoms with E-state index < -0.39 is 6.03 Å². The average Bonchev–Trinajstić information content (AvgIpc) is 2.73. The van der Waals surface area contributed by atoms with E-state index in [9.17, 15) is 4.79 Å². The fraction of sp³-hybridized carbons (Fsp3) is 0.421. The predicted octanol–water partition coefficient (Wildman–Crippen LogP) is 3.14. The number of hydrogen-bond acceptors (Lipinski definition) is 7. The molecule has 2 N–H and O–H groups in total. The number of anilines is 3. The molecule has 3 rings (SSSR count). The van der Waals surface area contributed by atoms with Gasteiger partial charge in [-0.15, -0.1) is 0 Å². The molecule has 0 spiro atoms. The summed E-state index contributed by atoms with van der Waals surface area (Å²) in [5, 5.41) is 5.48. The molecule has 1 fully saturated rings. The van der Waals surface area contributed by atoms with Crippen molar-refractivity contribution in [2.75, 3.05) is 50.0 Å². The first kappa shape index (κ1) is 19.5. The zero-order valence-corrected chi connectivity index (χ0v) is 16.3. The van der Waals surface area contributed by atoms with E-state index in [0.717, 1.165) is 31.7 Å². The molecule has 1 aromatic heterocycles. The average molecular weight is 387 g/mol. The summed E-state index contributed by atoms with van der Waals surface area (Å²) in [7, 11) is 4.56. The van der Waals surface area contributed by atoms with Crippen molar-refractivity contribution in [2.24, 2.45) is 0 Å². The van der Waals surface area contributed by atoms with Gasteiger partial charge in [0, 0.05) is 31.3 Å². The summed E-state index contributed by atoms with van der Waals surface area (Å²) in [5.41, 5.74) is 0.498. The molecule has 0 atom stereocenters. The van der Waals surface area contributed by atoms with Crippen LogP contribution < -0.4 is 29.7 Å². The maximum atomic E-state index is 12.4. The summed E-state index contributed by atoms with van der Waals surface area (Å²) in [5.74, 6) is 2.61. The van der Waals surface area contributed by atoms with Gasteiger partial charge in [0.05, 0.1) is 27.0 Å². The minimum Gasteiger partial charge on any atom is -0.493 e. The van der Waals surface area contributed by atoms with Crippen molar-refractivity contribution in [3.63, 3.8) is 0 Å². The summed E-state index contributed by atoms with van der Waals surface area (Å²) >= 11 is 0. The molecule has 1 aliphatic heterocycles. The number of rotatable bonds is 6. The van der Waals surface area contributed by atoms with E-state index in [4.69, 9.17) is 14.2 Å². The van der Waals surface area contributed by atoms with Crippen LogP contribution >= 0.6 is 0 Å². The fourth-order valence-corrected chi connectivity index (χ4v) is 3.14. The van der Waals surface area contributed by atoms with Gasteiger partial charge in [-0.25, -0.2) is 14.8 Å². The second-order valence-corrected chi connectivity index (χ2v) is 6.30. The molecule has 1 saturated heterocycles. The first-order chi connectivity index (χ1) is 13.6. The lowest BCUT2D eigenvalue weighted by atomic mass is 10.1. The molecule has 0 bridgehead atoms. The molecule has 9 heteroatoms. The number of amides is 2. The van der Waals surface area contributed by atoms with Gasteiger partial charge in [0.1, 0.15) is 18.0 Å². The van der Waals surface area contributed by atoms with Crippen LogP contribution in [0.25, 0.3) is 0 Å². The molecule has 28 heavy (non-hydrogen) atoms. The molecular weight excluding hydrogens is 362 g/mol. The molecular formula is C19H25N5O4. The van der Waals surface area contributed by atoms with Gasteiger partial charge < -0.3 is 24.4 Å². The minimum absolute atomic E-state index is 0.431. The molecule has 1 aliphatic rings. The molecule has 0 radical (unpaired) electrons. The van der Waals surface area contributed by atoms with Crippen molar-refractivity contribution in [2.45, 2.75) is 19.3 Å². The van der Waals surface area contributed by atoms with E-state index in [0.29, 0.717) is 28.8 Å². The summed E-state index contributed by atoms with van der Waals surface area (Å²) in [6, 6.07) is 4.65. The third kappa shape index (κ3) is 4.54. The number of carbonyl (C=O) groups excluding carboxylic acids is 1. The topological polar surface area (TPSA) is 97.8 Å². The Balaban J connectivity index is 1.70. The molecule has 2 aromatic rings. The SMILES string of the molecule is COc1cc(NC(=O)Nc2cc(N3CCCCC3)ncn2)cc(OC)c1OC. The van der Waals surface area contributed by atoms with Crippen LogP contribution in [0.4, 0.5) is 22.1 Å². The zero-order chi connectivity index (χ0) is 19.9. The van der Waals surface area contributed by atoms with E-state index >= 15 is 0 Å². The van der Waals surface area contributed by atoms with Crippen molar-refractivity contribution in [3.05, 3.63) is 24.5 Å². The molecule has 1 aromatic carbocycles. The van der Waals surface area contributed by atoms with Crippen LogP contribution in [0, 0.1) is 0 Å². The highest BCUT2D eigenvalue weighted by Gasteiger charge is 2.16. The fourth-order valence-electron chi connectivity index (χ4n) is 3.14. The number of methoxy groups -OCH3 is 3. The smallest absolute Gasteiger partial charge is 0.324 e. The summed E-state index contributed by atoms with van der Waals surface area (Å²) in [6.45, 7) is 1.93. The monoisotopic (exact) mass is 387 g/mol. The van der Waals surface area contributed by atoms with E-state index in [1.165, 1.54) is 34.1 Å². The molecule has 0 saturated carbocycles. The largest absolute Gasteiger partial charge is 0.493 e. The van der Waals surface area contributed by atoms with Crippen LogP contribution in [-0.4, -0.2) is 50.4 Å². The Hall–Kier alpha value is -3.23. The third-order valence-electron chi connectivity index (χ3n) is 4.50. The van der Waals surface area contributed by atoms with Gasteiger partial charge in [-0.2, -0.15) is 0 Å². The number of carbonyl (C=O) groups is 1. The van der Waals surface area contributed by atoms with Gasteiger partial charge in [0.15, 0.2) is 11.5 Å². The van der Waals surface area contributed by atoms with Gasteiger partial charge in [-0.3, -0.25) is 5.32 Å². The summed E-state index contributed by atoms with van der Waals surface area (Å²) in [4.78, 5) is 23.1. The quantitative estimate of drug-likeness (QED) is 0.786. The second kappa shape index (κ2) is 9.12. The van der Waals surface area contributed by atoms with E-state index in [1.54, 1.807) is 18.2 Å². The third-order valence-corrected chi connectivity index (χ3v) is 4.50. The number of nitrogens with zero attached hydrogens (tertiary/aromatic N) is 3. The van der Waals surface area contributed by atoms with Crippen molar-refractivity contribution in [3.8, 4) is 17.2 Å². The van der Waals surface area contributed by atoms with Crippen LogP contribution in [0.5, 0.6) is 17.2 Å². The van der Waals surface area contributed by atoms with Crippen molar-refractivity contribution in [1.29, 1.82) is 0 Å². The lowest BCUT2D eigenvalue weighted by Crippen LogP contribution is -2.30. The number of urea groups is 1. The van der Waals surface area contributed by atoms with Crippen LogP contribution in [0.2, 0.25) is 0 Å². The van der Waals surface area contributed by atoms with Crippen LogP contribution in [-0.2, 0) is 0 Å². The van der Waals surface area contributed by atoms with E-state index in [-0.39, 0.29) is 0 Å². The second-order valence-electron chi connectivity index (χ2n) is 6.30. The molecule has 2 heterocycles. The van der Waals surface area contributed by atoms with Crippen molar-refractivity contribution >= 4 is 23.4 Å². The Bertz CT molecular complexity index is 799. The maximum absolute atomic E-state index is 12.4. The molecule has 0 aliphatic carbocycles. The highest BCUT2D eigenvalue weighted by atomic mass is 16.5. The van der Waals surface area contributed by atoms with E-state index in [1.807, 2.05) is 0 Å². The minimum atomic E-state index is -0.433. The van der Waals surface area contributed by atoms with Crippen molar-refractivity contribution < 1.29 is 19.0 Å². The Labute approximate surface area is 164 Å². The normalized spacial score (nSPS) is 13.6. The molecule has 150 valence electrons. The van der Waals surface area contributed by atoms with Gasteiger partial charge in [-0.1, -0.05) is 0 Å². The Morgan fingerprint density at radius 2 is 1.61 bits per heavy atom. The van der Waals surface area contributed by atoms with Crippen LogP contribution in [0.3, 0.4) is 0 Å². The molecule has 2 amide bonds. The molecule has 0 unspecified atom stereocenters. The summed E-state index contributed by atoms with van der Waals surface area (Å²) < 4.78 is 15.9. The van der Waals surface area contributed by atoms with Crippen molar-refractivity contribution in [1.82, 2.24) is 9.97 Å². The standard InChI is InChI=1S/C19H25N5O4/c1-26-14-9-13(10-15(27-2)18(14)28-3)22-19(25)23-16-11-17(21-12-20-16)24-7-5-4-6-8-24/h9-12H,4-8H2,1-3H3,(H2,20,21,22,23,25). The van der Waals surface area contributed by atoms with Crippen LogP contribution in [0.1, 0.15) is 19.3 Å². The first-order valence-corrected chi connectivity index (χ1v) is 9.09. The highest BCUT2D eigenvalue weighted by Crippen LogP contribution is 2.39. The number of ether oxygens (including phenoxy) is 3. The summed E-state index contributed by atoms with van der Waals surface area (Å²) in [6.07, 6.45) is 4.99. The highest BCUT2D eigenvalue weighted by molar-refractivity contribution is 5.99. The first-order valence-electron chi connectivity index (χ1n) is 9.09. The lowest BCUT2D eigenvalue weighted by molar-refractivity contribution is 0.262. The Morgan fingerprint density at radius 1 is 0.929 bits per heavy atom. The number of benzene rings is 1. The Morgan fingerprint density at radius 3 is 2.21 bits per heavy atom. The Kier molecular flexibility index (Phi) is 6.36. The number of nitrogens with one attached hydrogen (secondary N) is 2. The van der Waals surface area contributed by atoms with Gasteiger partial charge in [0.2, 0.25) is 5.75 Å². The van der Waals surface area contributed by atoms with Gasteiger partial charge in [0.25, 0.3) is 0 Å². The number of piperidine rings is 1. The number of hydrogen-bond donors (Lipinski definition) is 2. The zero-order valence-electron chi connectivity index (χ0n) is 16.3. The maximum Gasteiger partial charge on any atom is 0.324 e. The predicted molar refractivity (Wildman–Crippen MR) is 107 cm³/mol. The lowest BCUT2D eigenvalue weighted by Gasteiger charge is -2.27.